The van der Waals surface area contributed by atoms with Crippen LogP contribution in [0.3, 0.4) is 0 Å². The molecule has 3 rings (SSSR count). The van der Waals surface area contributed by atoms with Gasteiger partial charge < -0.3 is 14.5 Å². The third-order valence-electron chi connectivity index (χ3n) is 3.46. The van der Waals surface area contributed by atoms with Crippen LogP contribution in [0.25, 0.3) is 22.0 Å². The highest BCUT2D eigenvalue weighted by Crippen LogP contribution is 2.32. The van der Waals surface area contributed by atoms with Crippen molar-refractivity contribution in [2.24, 2.45) is 0 Å². The van der Waals surface area contributed by atoms with Crippen molar-refractivity contribution in [3.05, 3.63) is 58.9 Å². The number of aromatic nitrogens is 1. The van der Waals surface area contributed by atoms with E-state index in [0.717, 1.165) is 10.9 Å². The van der Waals surface area contributed by atoms with Crippen LogP contribution in [0.15, 0.2) is 53.3 Å². The van der Waals surface area contributed by atoms with Gasteiger partial charge in [-0.3, -0.25) is 4.79 Å². The smallest absolute Gasteiger partial charge is 0.256 e. The van der Waals surface area contributed by atoms with Gasteiger partial charge in [-0.1, -0.05) is 30.3 Å². The Bertz CT molecular complexity index is 838. The predicted octanol–water partition coefficient (Wildman–Crippen LogP) is 3.21. The Morgan fingerprint density at radius 1 is 0.905 bits per heavy atom. The van der Waals surface area contributed by atoms with E-state index in [1.807, 2.05) is 42.5 Å². The lowest BCUT2D eigenvalue weighted by atomic mass is 10.0. The number of benzene rings is 2. The first kappa shape index (κ1) is 13.2. The number of fused-ring (bicyclic) bond motifs is 1. The number of hydrogen-bond donors (Lipinski definition) is 1. The monoisotopic (exact) mass is 281 g/mol. The summed E-state index contributed by atoms with van der Waals surface area (Å²) in [4.78, 5) is 15.2. The molecular weight excluding hydrogens is 266 g/mol. The van der Waals surface area contributed by atoms with Crippen LogP contribution in [-0.4, -0.2) is 19.2 Å². The van der Waals surface area contributed by atoms with Gasteiger partial charge in [0.2, 0.25) is 0 Å². The molecule has 0 aliphatic heterocycles. The highest BCUT2D eigenvalue weighted by molar-refractivity contribution is 5.92. The van der Waals surface area contributed by atoms with E-state index in [1.165, 1.54) is 0 Å². The Labute approximate surface area is 122 Å². The third kappa shape index (κ3) is 2.25. The molecule has 106 valence electrons. The van der Waals surface area contributed by atoms with E-state index in [-0.39, 0.29) is 5.56 Å². The van der Waals surface area contributed by atoms with Crippen molar-refractivity contribution in [1.82, 2.24) is 4.98 Å². The molecule has 1 heterocycles. The minimum atomic E-state index is -0.153. The maximum atomic E-state index is 12.3. The summed E-state index contributed by atoms with van der Waals surface area (Å²) in [5.74, 6) is 1.31. The van der Waals surface area contributed by atoms with Gasteiger partial charge in [-0.05, 0) is 23.8 Å². The van der Waals surface area contributed by atoms with Crippen molar-refractivity contribution in [3.8, 4) is 22.6 Å². The van der Waals surface area contributed by atoms with E-state index < -0.39 is 0 Å². The SMILES string of the molecule is COc1ccc(OC)c2[nH]c(=O)c(-c3ccccc3)cc12. The maximum absolute atomic E-state index is 12.3. The van der Waals surface area contributed by atoms with E-state index in [2.05, 4.69) is 4.98 Å². The van der Waals surface area contributed by atoms with E-state index in [0.29, 0.717) is 22.6 Å². The van der Waals surface area contributed by atoms with E-state index >= 15 is 0 Å². The van der Waals surface area contributed by atoms with Gasteiger partial charge in [-0.25, -0.2) is 0 Å². The molecule has 0 fully saturated rings. The van der Waals surface area contributed by atoms with Gasteiger partial charge in [-0.2, -0.15) is 0 Å². The quantitative estimate of drug-likeness (QED) is 0.802. The van der Waals surface area contributed by atoms with E-state index in [4.69, 9.17) is 9.47 Å². The molecule has 0 atom stereocenters. The Hall–Kier alpha value is -2.75. The van der Waals surface area contributed by atoms with Crippen molar-refractivity contribution in [1.29, 1.82) is 0 Å². The molecule has 0 bridgehead atoms. The minimum absolute atomic E-state index is 0.153. The number of rotatable bonds is 3. The standard InChI is InChI=1S/C17H15NO3/c1-20-14-8-9-15(21-2)16-13(14)10-12(17(19)18-16)11-6-4-3-5-7-11/h3-10H,1-2H3,(H,18,19). The van der Waals surface area contributed by atoms with Gasteiger partial charge in [0.1, 0.15) is 11.5 Å². The maximum Gasteiger partial charge on any atom is 0.256 e. The molecule has 3 aromatic rings. The lowest BCUT2D eigenvalue weighted by Gasteiger charge is -2.11. The second-order valence-corrected chi connectivity index (χ2v) is 4.64. The number of ether oxygens (including phenoxy) is 2. The Balaban J connectivity index is 2.35. The second-order valence-electron chi connectivity index (χ2n) is 4.64. The van der Waals surface area contributed by atoms with Crippen LogP contribution in [0.1, 0.15) is 0 Å². The topological polar surface area (TPSA) is 51.3 Å². The van der Waals surface area contributed by atoms with Gasteiger partial charge >= 0.3 is 0 Å². The zero-order valence-corrected chi connectivity index (χ0v) is 11.8. The first-order chi connectivity index (χ1) is 10.2. The van der Waals surface area contributed by atoms with E-state index in [1.54, 1.807) is 20.3 Å². The summed E-state index contributed by atoms with van der Waals surface area (Å²) < 4.78 is 10.7. The fraction of sp³-hybridized carbons (Fsp3) is 0.118. The zero-order chi connectivity index (χ0) is 14.8. The molecule has 1 aromatic heterocycles. The molecule has 0 saturated heterocycles. The number of nitrogens with one attached hydrogen (secondary N) is 1. The molecule has 21 heavy (non-hydrogen) atoms. The van der Waals surface area contributed by atoms with Crippen molar-refractivity contribution >= 4 is 10.9 Å². The summed E-state index contributed by atoms with van der Waals surface area (Å²) >= 11 is 0. The highest BCUT2D eigenvalue weighted by atomic mass is 16.5. The Morgan fingerprint density at radius 3 is 2.24 bits per heavy atom. The molecule has 4 nitrogen and oxygen atoms in total. The van der Waals surface area contributed by atoms with Crippen molar-refractivity contribution < 1.29 is 9.47 Å². The molecule has 2 aromatic carbocycles. The predicted molar refractivity (Wildman–Crippen MR) is 83.1 cm³/mol. The Morgan fingerprint density at radius 2 is 1.57 bits per heavy atom. The van der Waals surface area contributed by atoms with Crippen LogP contribution in [0.5, 0.6) is 11.5 Å². The third-order valence-corrected chi connectivity index (χ3v) is 3.46. The second kappa shape index (κ2) is 5.32. The summed E-state index contributed by atoms with van der Waals surface area (Å²) in [7, 11) is 3.18. The fourth-order valence-electron chi connectivity index (χ4n) is 2.42. The number of methoxy groups -OCH3 is 2. The van der Waals surface area contributed by atoms with Gasteiger partial charge in [0.15, 0.2) is 0 Å². The molecule has 4 heteroatoms. The van der Waals surface area contributed by atoms with E-state index in [9.17, 15) is 4.79 Å². The summed E-state index contributed by atoms with van der Waals surface area (Å²) in [6.45, 7) is 0. The molecular formula is C17H15NO3. The minimum Gasteiger partial charge on any atom is -0.496 e. The molecule has 0 aliphatic rings. The highest BCUT2D eigenvalue weighted by Gasteiger charge is 2.12. The molecule has 1 N–H and O–H groups in total. The first-order valence-corrected chi connectivity index (χ1v) is 6.58. The largest absolute Gasteiger partial charge is 0.496 e. The van der Waals surface area contributed by atoms with Gasteiger partial charge in [0.25, 0.3) is 5.56 Å². The normalized spacial score (nSPS) is 10.6. The van der Waals surface area contributed by atoms with Crippen LogP contribution >= 0.6 is 0 Å². The molecule has 0 spiro atoms. The van der Waals surface area contributed by atoms with Crippen LogP contribution in [0.2, 0.25) is 0 Å². The average molecular weight is 281 g/mol. The number of pyridine rings is 1. The number of aromatic amines is 1. The lowest BCUT2D eigenvalue weighted by molar-refractivity contribution is 0.409. The summed E-state index contributed by atoms with van der Waals surface area (Å²) in [5.41, 5.74) is 1.96. The molecule has 0 radical (unpaired) electrons. The first-order valence-electron chi connectivity index (χ1n) is 6.58. The van der Waals surface area contributed by atoms with Crippen LogP contribution in [0.4, 0.5) is 0 Å². The van der Waals surface area contributed by atoms with Gasteiger partial charge in [-0.15, -0.1) is 0 Å². The Kier molecular flexibility index (Phi) is 3.36. The summed E-state index contributed by atoms with van der Waals surface area (Å²) in [6, 6.07) is 15.0. The lowest BCUT2D eigenvalue weighted by Crippen LogP contribution is -2.09. The van der Waals surface area contributed by atoms with Crippen LogP contribution in [-0.2, 0) is 0 Å². The fourth-order valence-corrected chi connectivity index (χ4v) is 2.42. The van der Waals surface area contributed by atoms with Crippen LogP contribution < -0.4 is 15.0 Å². The summed E-state index contributed by atoms with van der Waals surface area (Å²) in [6.07, 6.45) is 0. The molecule has 0 unspecified atom stereocenters. The zero-order valence-electron chi connectivity index (χ0n) is 11.8. The van der Waals surface area contributed by atoms with Crippen molar-refractivity contribution in [3.63, 3.8) is 0 Å². The molecule has 0 amide bonds. The van der Waals surface area contributed by atoms with Crippen molar-refractivity contribution in [2.45, 2.75) is 0 Å². The molecule has 0 aliphatic carbocycles. The van der Waals surface area contributed by atoms with Crippen LogP contribution in [0, 0.1) is 0 Å². The molecule has 0 saturated carbocycles. The van der Waals surface area contributed by atoms with Gasteiger partial charge in [0.05, 0.1) is 19.7 Å². The van der Waals surface area contributed by atoms with Gasteiger partial charge in [0, 0.05) is 10.9 Å². The average Bonchev–Trinajstić information content (AvgIpc) is 2.54. The number of H-pyrrole nitrogens is 1. The number of hydrogen-bond acceptors (Lipinski definition) is 3. The van der Waals surface area contributed by atoms with Crippen molar-refractivity contribution in [2.75, 3.05) is 14.2 Å². The summed E-state index contributed by atoms with van der Waals surface area (Å²) in [5, 5.41) is 0.815.